The molecule has 1 N–H and O–H groups in total. The zero-order valence-corrected chi connectivity index (χ0v) is 11.0. The van der Waals surface area contributed by atoms with Gasteiger partial charge in [0, 0.05) is 24.5 Å². The van der Waals surface area contributed by atoms with Crippen molar-refractivity contribution in [2.45, 2.75) is 45.7 Å². The monoisotopic (exact) mass is 239 g/mol. The molecule has 1 atom stereocenters. The van der Waals surface area contributed by atoms with Crippen LogP contribution >= 0.6 is 12.2 Å². The minimum absolute atomic E-state index is 0.585. The van der Waals surface area contributed by atoms with E-state index in [1.807, 2.05) is 0 Å². The third-order valence-electron chi connectivity index (χ3n) is 3.39. The van der Waals surface area contributed by atoms with Crippen molar-refractivity contribution in [3.05, 3.63) is 16.7 Å². The Morgan fingerprint density at radius 3 is 2.62 bits per heavy atom. The Labute approximate surface area is 102 Å². The Bertz CT molecular complexity index is 387. The number of aryl methyl sites for hydroxylation is 1. The van der Waals surface area contributed by atoms with Gasteiger partial charge in [-0.25, -0.2) is 0 Å². The normalized spacial score (nSPS) is 19.9. The second-order valence-electron chi connectivity index (χ2n) is 4.84. The molecule has 0 radical (unpaired) electrons. The molecule has 0 aliphatic carbocycles. The second kappa shape index (κ2) is 5.15. The lowest BCUT2D eigenvalue weighted by atomic mass is 10.1. The van der Waals surface area contributed by atoms with Gasteiger partial charge in [-0.3, -0.25) is 4.90 Å². The van der Waals surface area contributed by atoms with Crippen LogP contribution in [-0.2, 0) is 6.54 Å². The van der Waals surface area contributed by atoms with Crippen LogP contribution in [0.3, 0.4) is 0 Å². The van der Waals surface area contributed by atoms with E-state index >= 15 is 0 Å². The fourth-order valence-corrected chi connectivity index (χ4v) is 2.75. The number of piperidine rings is 1. The summed E-state index contributed by atoms with van der Waals surface area (Å²) in [5, 5.41) is 0. The first-order valence-corrected chi connectivity index (χ1v) is 6.58. The van der Waals surface area contributed by atoms with Crippen molar-refractivity contribution in [1.29, 1.82) is 0 Å². The van der Waals surface area contributed by atoms with E-state index in [2.05, 4.69) is 34.5 Å². The summed E-state index contributed by atoms with van der Waals surface area (Å²) in [5.74, 6) is 0. The standard InChI is InChI=1S/C12H21N3S/c1-10-8-15(12(16)13-10)9-11(2)14-6-4-3-5-7-14/h8,11H,3-7,9H2,1-2H3,(H,13,16). The average Bonchev–Trinajstić information content (AvgIpc) is 2.59. The van der Waals surface area contributed by atoms with Crippen molar-refractivity contribution >= 4 is 12.2 Å². The molecular weight excluding hydrogens is 218 g/mol. The summed E-state index contributed by atoms with van der Waals surface area (Å²) in [7, 11) is 0. The lowest BCUT2D eigenvalue weighted by Crippen LogP contribution is -2.39. The van der Waals surface area contributed by atoms with E-state index < -0.39 is 0 Å². The van der Waals surface area contributed by atoms with E-state index in [4.69, 9.17) is 12.2 Å². The topological polar surface area (TPSA) is 24.0 Å². The predicted molar refractivity (Wildman–Crippen MR) is 69.2 cm³/mol. The van der Waals surface area contributed by atoms with Crippen LogP contribution in [0.15, 0.2) is 6.20 Å². The van der Waals surface area contributed by atoms with Gasteiger partial charge in [0.1, 0.15) is 0 Å². The van der Waals surface area contributed by atoms with Crippen molar-refractivity contribution < 1.29 is 0 Å². The van der Waals surface area contributed by atoms with Gasteiger partial charge < -0.3 is 9.55 Å². The highest BCUT2D eigenvalue weighted by atomic mass is 32.1. The van der Waals surface area contributed by atoms with E-state index in [9.17, 15) is 0 Å². The van der Waals surface area contributed by atoms with Crippen LogP contribution in [0.2, 0.25) is 0 Å². The average molecular weight is 239 g/mol. The number of hydrogen-bond acceptors (Lipinski definition) is 2. The first-order chi connectivity index (χ1) is 7.66. The molecule has 1 saturated heterocycles. The van der Waals surface area contributed by atoms with E-state index in [1.165, 1.54) is 32.4 Å². The molecule has 4 heteroatoms. The Kier molecular flexibility index (Phi) is 3.82. The lowest BCUT2D eigenvalue weighted by Gasteiger charge is -2.32. The smallest absolute Gasteiger partial charge is 0.177 e. The number of nitrogens with one attached hydrogen (secondary N) is 1. The molecule has 3 nitrogen and oxygen atoms in total. The number of rotatable bonds is 3. The van der Waals surface area contributed by atoms with Gasteiger partial charge in [0.15, 0.2) is 4.77 Å². The Morgan fingerprint density at radius 2 is 2.06 bits per heavy atom. The largest absolute Gasteiger partial charge is 0.335 e. The minimum atomic E-state index is 0.585. The summed E-state index contributed by atoms with van der Waals surface area (Å²) < 4.78 is 3.01. The molecule has 0 amide bonds. The van der Waals surface area contributed by atoms with Crippen molar-refractivity contribution in [2.75, 3.05) is 13.1 Å². The highest BCUT2D eigenvalue weighted by Gasteiger charge is 2.17. The zero-order valence-electron chi connectivity index (χ0n) is 10.2. The number of nitrogens with zero attached hydrogens (tertiary/aromatic N) is 2. The molecule has 1 fully saturated rings. The molecule has 1 aliphatic rings. The molecule has 1 aliphatic heterocycles. The van der Waals surface area contributed by atoms with Crippen molar-refractivity contribution in [3.8, 4) is 0 Å². The third kappa shape index (κ3) is 2.74. The summed E-state index contributed by atoms with van der Waals surface area (Å²) in [6, 6.07) is 0.585. The van der Waals surface area contributed by atoms with Gasteiger partial charge in [-0.15, -0.1) is 0 Å². The number of likely N-dealkylation sites (tertiary alicyclic amines) is 1. The molecule has 2 rings (SSSR count). The van der Waals surface area contributed by atoms with Gasteiger partial charge in [-0.2, -0.15) is 0 Å². The van der Waals surface area contributed by atoms with E-state index in [0.717, 1.165) is 17.0 Å². The quantitative estimate of drug-likeness (QED) is 0.820. The SMILES string of the molecule is Cc1cn(CC(C)N2CCCCC2)c(=S)[nH]1. The molecule has 0 aromatic carbocycles. The molecule has 0 bridgehead atoms. The summed E-state index contributed by atoms with van der Waals surface area (Å²) in [5.41, 5.74) is 1.15. The van der Waals surface area contributed by atoms with E-state index in [0.29, 0.717) is 6.04 Å². The molecule has 2 heterocycles. The van der Waals surface area contributed by atoms with Crippen LogP contribution < -0.4 is 0 Å². The molecule has 16 heavy (non-hydrogen) atoms. The van der Waals surface area contributed by atoms with Crippen LogP contribution in [-0.4, -0.2) is 33.6 Å². The molecule has 1 unspecified atom stereocenters. The number of H-pyrrole nitrogens is 1. The van der Waals surface area contributed by atoms with Crippen molar-refractivity contribution in [2.24, 2.45) is 0 Å². The Morgan fingerprint density at radius 1 is 1.38 bits per heavy atom. The summed E-state index contributed by atoms with van der Waals surface area (Å²) in [6.45, 7) is 7.85. The second-order valence-corrected chi connectivity index (χ2v) is 5.23. The van der Waals surface area contributed by atoms with Gasteiger partial charge >= 0.3 is 0 Å². The maximum absolute atomic E-state index is 5.28. The molecular formula is C12H21N3S. The maximum atomic E-state index is 5.28. The van der Waals surface area contributed by atoms with Crippen LogP contribution in [0.5, 0.6) is 0 Å². The summed E-state index contributed by atoms with van der Waals surface area (Å²) in [4.78, 5) is 5.75. The zero-order chi connectivity index (χ0) is 11.5. The number of aromatic nitrogens is 2. The summed E-state index contributed by atoms with van der Waals surface area (Å²) in [6.07, 6.45) is 6.21. The van der Waals surface area contributed by atoms with Crippen LogP contribution in [0.25, 0.3) is 0 Å². The van der Waals surface area contributed by atoms with E-state index in [-0.39, 0.29) is 0 Å². The van der Waals surface area contributed by atoms with E-state index in [1.54, 1.807) is 0 Å². The molecule has 0 saturated carbocycles. The van der Waals surface area contributed by atoms with Crippen molar-refractivity contribution in [3.63, 3.8) is 0 Å². The minimum Gasteiger partial charge on any atom is -0.335 e. The molecule has 0 spiro atoms. The fraction of sp³-hybridized carbons (Fsp3) is 0.750. The molecule has 1 aromatic heterocycles. The summed E-state index contributed by atoms with van der Waals surface area (Å²) >= 11 is 5.28. The number of hydrogen-bond donors (Lipinski definition) is 1. The van der Waals surface area contributed by atoms with Gasteiger partial charge in [0.2, 0.25) is 0 Å². The van der Waals surface area contributed by atoms with Crippen LogP contribution in [0.4, 0.5) is 0 Å². The Balaban J connectivity index is 1.98. The Hall–Kier alpha value is -0.610. The van der Waals surface area contributed by atoms with Crippen LogP contribution in [0, 0.1) is 11.7 Å². The van der Waals surface area contributed by atoms with Gasteiger partial charge in [0.25, 0.3) is 0 Å². The first-order valence-electron chi connectivity index (χ1n) is 6.17. The number of aromatic amines is 1. The van der Waals surface area contributed by atoms with Crippen LogP contribution in [0.1, 0.15) is 31.9 Å². The highest BCUT2D eigenvalue weighted by Crippen LogP contribution is 2.13. The highest BCUT2D eigenvalue weighted by molar-refractivity contribution is 7.71. The van der Waals surface area contributed by atoms with Crippen molar-refractivity contribution in [1.82, 2.24) is 14.5 Å². The maximum Gasteiger partial charge on any atom is 0.177 e. The number of imidazole rings is 1. The van der Waals surface area contributed by atoms with Gasteiger partial charge in [-0.05, 0) is 52.0 Å². The molecule has 1 aromatic rings. The van der Waals surface area contributed by atoms with Gasteiger partial charge in [0.05, 0.1) is 0 Å². The van der Waals surface area contributed by atoms with Gasteiger partial charge in [-0.1, -0.05) is 6.42 Å². The predicted octanol–water partition coefficient (Wildman–Crippen LogP) is 2.73. The molecule has 90 valence electrons. The third-order valence-corrected chi connectivity index (χ3v) is 3.73. The fourth-order valence-electron chi connectivity index (χ4n) is 2.46. The lowest BCUT2D eigenvalue weighted by molar-refractivity contribution is 0.159. The first kappa shape index (κ1) is 11.9.